The molecule has 0 fully saturated rings. The van der Waals surface area contributed by atoms with E-state index in [4.69, 9.17) is 4.74 Å². The minimum atomic E-state index is -0.506. The predicted octanol–water partition coefficient (Wildman–Crippen LogP) is 1.05. The molecular formula is C10H19NO3S. The zero-order valence-corrected chi connectivity index (χ0v) is 10.3. The summed E-state index contributed by atoms with van der Waals surface area (Å²) in [5.74, 6) is 0.790. The van der Waals surface area contributed by atoms with Gasteiger partial charge in [0.05, 0.1) is 6.61 Å². The molecule has 0 unspecified atom stereocenters. The Morgan fingerprint density at radius 3 is 2.67 bits per heavy atom. The van der Waals surface area contributed by atoms with Gasteiger partial charge in [0.1, 0.15) is 6.04 Å². The maximum absolute atomic E-state index is 11.5. The van der Waals surface area contributed by atoms with Crippen LogP contribution in [0.5, 0.6) is 0 Å². The molecule has 0 spiro atoms. The van der Waals surface area contributed by atoms with Crippen molar-refractivity contribution in [1.29, 1.82) is 0 Å². The summed E-state index contributed by atoms with van der Waals surface area (Å²) in [6.45, 7) is 4.34. The number of esters is 1. The molecule has 4 nitrogen and oxygen atoms in total. The fourth-order valence-electron chi connectivity index (χ4n) is 0.936. The SMILES string of the molecule is CSCC[C@H](NC=O)C(=O)OCC(C)C. The molecule has 0 aromatic heterocycles. The molecule has 0 heterocycles. The van der Waals surface area contributed by atoms with Crippen molar-refractivity contribution in [3.8, 4) is 0 Å². The highest BCUT2D eigenvalue weighted by Crippen LogP contribution is 2.03. The molecule has 0 aliphatic heterocycles. The minimum Gasteiger partial charge on any atom is -0.464 e. The first kappa shape index (κ1) is 14.3. The molecule has 0 aromatic rings. The average molecular weight is 233 g/mol. The fourth-order valence-corrected chi connectivity index (χ4v) is 1.41. The molecule has 0 saturated carbocycles. The third kappa shape index (κ3) is 7.25. The maximum atomic E-state index is 11.5. The van der Waals surface area contributed by atoms with Crippen LogP contribution in [0.1, 0.15) is 20.3 Å². The van der Waals surface area contributed by atoms with Crippen LogP contribution >= 0.6 is 11.8 Å². The summed E-state index contributed by atoms with van der Waals surface area (Å²) in [4.78, 5) is 21.8. The van der Waals surface area contributed by atoms with Crippen LogP contribution in [-0.2, 0) is 14.3 Å². The van der Waals surface area contributed by atoms with Gasteiger partial charge in [0.25, 0.3) is 0 Å². The number of hydrogen-bond donors (Lipinski definition) is 1. The first-order valence-electron chi connectivity index (χ1n) is 4.97. The van der Waals surface area contributed by atoms with Gasteiger partial charge in [-0.15, -0.1) is 0 Å². The van der Waals surface area contributed by atoms with E-state index in [1.165, 1.54) is 0 Å². The Kier molecular flexibility index (Phi) is 8.18. The van der Waals surface area contributed by atoms with Crippen LogP contribution in [-0.4, -0.2) is 37.0 Å². The first-order chi connectivity index (χ1) is 7.11. The number of carbonyl (C=O) groups excluding carboxylic acids is 2. The van der Waals surface area contributed by atoms with E-state index in [9.17, 15) is 9.59 Å². The highest BCUT2D eigenvalue weighted by molar-refractivity contribution is 7.98. The van der Waals surface area contributed by atoms with Crippen LogP contribution in [0.25, 0.3) is 0 Å². The molecule has 15 heavy (non-hydrogen) atoms. The Labute approximate surface area is 95.1 Å². The smallest absolute Gasteiger partial charge is 0.328 e. The molecule has 5 heteroatoms. The quantitative estimate of drug-likeness (QED) is 0.503. The molecule has 1 amide bonds. The second-order valence-electron chi connectivity index (χ2n) is 3.64. The van der Waals surface area contributed by atoms with Crippen LogP contribution < -0.4 is 5.32 Å². The van der Waals surface area contributed by atoms with Crippen molar-refractivity contribution in [2.45, 2.75) is 26.3 Å². The lowest BCUT2D eigenvalue weighted by atomic mass is 10.2. The summed E-state index contributed by atoms with van der Waals surface area (Å²) in [6, 6.07) is -0.506. The van der Waals surface area contributed by atoms with Gasteiger partial charge in [0.15, 0.2) is 0 Å². The lowest BCUT2D eigenvalue weighted by molar-refractivity contribution is -0.148. The van der Waals surface area contributed by atoms with Crippen molar-refractivity contribution in [2.75, 3.05) is 18.6 Å². The van der Waals surface area contributed by atoms with Crippen LogP contribution in [0, 0.1) is 5.92 Å². The monoisotopic (exact) mass is 233 g/mol. The van der Waals surface area contributed by atoms with E-state index in [1.807, 2.05) is 20.1 Å². The van der Waals surface area contributed by atoms with Gasteiger partial charge in [-0.25, -0.2) is 4.79 Å². The summed E-state index contributed by atoms with van der Waals surface area (Å²) in [6.07, 6.45) is 3.11. The van der Waals surface area contributed by atoms with Crippen LogP contribution in [0.2, 0.25) is 0 Å². The third-order valence-electron chi connectivity index (χ3n) is 1.72. The van der Waals surface area contributed by atoms with E-state index in [0.29, 0.717) is 25.4 Å². The fraction of sp³-hybridized carbons (Fsp3) is 0.800. The van der Waals surface area contributed by atoms with Crippen molar-refractivity contribution in [3.05, 3.63) is 0 Å². The van der Waals surface area contributed by atoms with Gasteiger partial charge in [-0.1, -0.05) is 13.8 Å². The van der Waals surface area contributed by atoms with Crippen LogP contribution in [0.4, 0.5) is 0 Å². The van der Waals surface area contributed by atoms with Crippen LogP contribution in [0.15, 0.2) is 0 Å². The lowest BCUT2D eigenvalue weighted by Crippen LogP contribution is -2.38. The number of carbonyl (C=O) groups is 2. The number of amides is 1. The zero-order chi connectivity index (χ0) is 11.7. The molecule has 0 aliphatic rings. The highest BCUT2D eigenvalue weighted by Gasteiger charge is 2.18. The summed E-state index contributed by atoms with van der Waals surface area (Å²) in [5.41, 5.74) is 0. The van der Waals surface area contributed by atoms with E-state index in [-0.39, 0.29) is 5.97 Å². The highest BCUT2D eigenvalue weighted by atomic mass is 32.2. The average Bonchev–Trinajstić information content (AvgIpc) is 2.20. The number of rotatable bonds is 8. The summed E-state index contributed by atoms with van der Waals surface area (Å²) >= 11 is 1.63. The molecule has 1 atom stereocenters. The van der Waals surface area contributed by atoms with E-state index < -0.39 is 6.04 Å². The largest absolute Gasteiger partial charge is 0.464 e. The molecular weight excluding hydrogens is 214 g/mol. The van der Waals surface area contributed by atoms with Gasteiger partial charge in [-0.3, -0.25) is 4.79 Å². The predicted molar refractivity (Wildman–Crippen MR) is 61.8 cm³/mol. The maximum Gasteiger partial charge on any atom is 0.328 e. The Hall–Kier alpha value is -0.710. The van der Waals surface area contributed by atoms with Gasteiger partial charge in [-0.2, -0.15) is 11.8 Å². The van der Waals surface area contributed by atoms with Gasteiger partial charge in [0, 0.05) is 0 Å². The molecule has 88 valence electrons. The summed E-state index contributed by atoms with van der Waals surface area (Å²) in [7, 11) is 0. The van der Waals surface area contributed by atoms with E-state index in [2.05, 4.69) is 5.32 Å². The Bertz CT molecular complexity index is 197. The first-order valence-corrected chi connectivity index (χ1v) is 6.36. The summed E-state index contributed by atoms with van der Waals surface area (Å²) in [5, 5.41) is 2.47. The number of hydrogen-bond acceptors (Lipinski definition) is 4. The molecule has 0 rings (SSSR count). The van der Waals surface area contributed by atoms with Gasteiger partial charge in [-0.05, 0) is 24.3 Å². The van der Waals surface area contributed by atoms with Gasteiger partial charge >= 0.3 is 5.97 Å². The standard InChI is InChI=1S/C10H19NO3S/c1-8(2)6-14-10(13)9(11-7-12)4-5-15-3/h7-9H,4-6H2,1-3H3,(H,11,12)/t9-/m0/s1. The van der Waals surface area contributed by atoms with Crippen LogP contribution in [0.3, 0.4) is 0 Å². The van der Waals surface area contributed by atoms with Crippen molar-refractivity contribution in [3.63, 3.8) is 0 Å². The Morgan fingerprint density at radius 1 is 1.53 bits per heavy atom. The van der Waals surface area contributed by atoms with E-state index in [1.54, 1.807) is 11.8 Å². The van der Waals surface area contributed by atoms with Crippen molar-refractivity contribution < 1.29 is 14.3 Å². The van der Waals surface area contributed by atoms with Gasteiger partial charge in [0.2, 0.25) is 6.41 Å². The van der Waals surface area contributed by atoms with Crippen molar-refractivity contribution in [2.24, 2.45) is 5.92 Å². The minimum absolute atomic E-state index is 0.311. The third-order valence-corrected chi connectivity index (χ3v) is 2.37. The van der Waals surface area contributed by atoms with Crippen molar-refractivity contribution in [1.82, 2.24) is 5.32 Å². The Morgan fingerprint density at radius 2 is 2.20 bits per heavy atom. The van der Waals surface area contributed by atoms with Gasteiger partial charge < -0.3 is 10.1 Å². The Balaban J connectivity index is 3.97. The second-order valence-corrected chi connectivity index (χ2v) is 4.63. The molecule has 1 N–H and O–H groups in total. The number of ether oxygens (including phenoxy) is 1. The second kappa shape index (κ2) is 8.59. The molecule has 0 aromatic carbocycles. The normalized spacial score (nSPS) is 12.3. The number of thioether (sulfide) groups is 1. The molecule has 0 saturated heterocycles. The molecule has 0 bridgehead atoms. The lowest BCUT2D eigenvalue weighted by Gasteiger charge is -2.15. The number of nitrogens with one attached hydrogen (secondary N) is 1. The van der Waals surface area contributed by atoms with E-state index >= 15 is 0 Å². The molecule has 0 aliphatic carbocycles. The molecule has 0 radical (unpaired) electrons. The van der Waals surface area contributed by atoms with E-state index in [0.717, 1.165) is 5.75 Å². The van der Waals surface area contributed by atoms with Crippen molar-refractivity contribution >= 4 is 24.1 Å². The summed E-state index contributed by atoms with van der Waals surface area (Å²) < 4.78 is 5.05. The zero-order valence-electron chi connectivity index (χ0n) is 9.49. The topological polar surface area (TPSA) is 55.4 Å².